The summed E-state index contributed by atoms with van der Waals surface area (Å²) in [6.45, 7) is 0. The van der Waals surface area contributed by atoms with Crippen LogP contribution in [0.5, 0.6) is 0 Å². The molecule has 2 heteroatoms. The van der Waals surface area contributed by atoms with Crippen molar-refractivity contribution in [3.63, 3.8) is 0 Å². The molecule has 0 aliphatic carbocycles. The average Bonchev–Trinajstić information content (AvgIpc) is 3.36. The van der Waals surface area contributed by atoms with Crippen LogP contribution in [-0.2, 0) is 0 Å². The van der Waals surface area contributed by atoms with Crippen LogP contribution in [0.2, 0.25) is 0 Å². The first kappa shape index (κ1) is 18.0. The molecule has 1 nitrogen and oxygen atoms in total. The van der Waals surface area contributed by atoms with E-state index in [0.29, 0.717) is 0 Å². The summed E-state index contributed by atoms with van der Waals surface area (Å²) in [4.78, 5) is 0. The lowest BCUT2D eigenvalue weighted by atomic mass is 9.97. The van der Waals surface area contributed by atoms with Gasteiger partial charge in [0.25, 0.3) is 0 Å². The molecule has 0 bridgehead atoms. The number of nitrogens with zero attached hydrogens (tertiary/aromatic N) is 1. The largest absolute Gasteiger partial charge is 0.308 e. The highest BCUT2D eigenvalue weighted by Crippen LogP contribution is 2.41. The first-order valence-electron chi connectivity index (χ1n) is 10.8. The fourth-order valence-electron chi connectivity index (χ4n) is 5.11. The zero-order chi connectivity index (χ0) is 21.2. The molecule has 0 aliphatic heterocycles. The normalized spacial score (nSPS) is 11.9. The highest BCUT2D eigenvalue weighted by Gasteiger charge is 2.18. The van der Waals surface area contributed by atoms with Crippen LogP contribution in [0.1, 0.15) is 0 Å². The van der Waals surface area contributed by atoms with E-state index < -0.39 is 0 Å². The number of hydrogen-bond acceptors (Lipinski definition) is 0. The van der Waals surface area contributed by atoms with Gasteiger partial charge in [-0.3, -0.25) is 0 Å². The van der Waals surface area contributed by atoms with Gasteiger partial charge in [-0.1, -0.05) is 88.7 Å². The lowest BCUT2D eigenvalue weighted by Crippen LogP contribution is -1.82. The lowest BCUT2D eigenvalue weighted by Gasteiger charge is -2.07. The van der Waals surface area contributed by atoms with E-state index in [1.807, 2.05) is 0 Å². The van der Waals surface area contributed by atoms with Gasteiger partial charge in [-0.25, -0.2) is 0 Å². The molecule has 0 amide bonds. The Morgan fingerprint density at radius 2 is 0.875 bits per heavy atom. The lowest BCUT2D eigenvalue weighted by molar-refractivity contribution is 1.37. The fraction of sp³-hybridized carbons (Fsp3) is 0. The third-order valence-electron chi connectivity index (χ3n) is 6.60. The van der Waals surface area contributed by atoms with E-state index in [2.05, 4.69) is 130 Å². The van der Waals surface area contributed by atoms with Gasteiger partial charge in [0, 0.05) is 26.0 Å². The molecular weight excluding hydrogens is 454 g/mol. The monoisotopic (exact) mass is 471 g/mol. The van der Waals surface area contributed by atoms with Crippen molar-refractivity contribution >= 4 is 54.0 Å². The van der Waals surface area contributed by atoms with Crippen molar-refractivity contribution < 1.29 is 0 Å². The van der Waals surface area contributed by atoms with Gasteiger partial charge in [0.1, 0.15) is 0 Å². The molecule has 32 heavy (non-hydrogen) atoms. The molecule has 0 radical (unpaired) electrons. The van der Waals surface area contributed by atoms with E-state index in [1.54, 1.807) is 0 Å². The van der Waals surface area contributed by atoms with Crippen LogP contribution in [0.4, 0.5) is 0 Å². The summed E-state index contributed by atoms with van der Waals surface area (Å²) in [6, 6.07) is 39.6. The SMILES string of the molecule is Brc1ccc(-c2ccc(-c3cc4c5ccccc5n5c6ccccc6c(c3)c45)cc2)cc1. The van der Waals surface area contributed by atoms with Crippen LogP contribution < -0.4 is 0 Å². The van der Waals surface area contributed by atoms with Gasteiger partial charge in [0.15, 0.2) is 0 Å². The molecule has 2 aromatic heterocycles. The topological polar surface area (TPSA) is 4.41 Å². The minimum absolute atomic E-state index is 1.10. The van der Waals surface area contributed by atoms with Gasteiger partial charge in [-0.05, 0) is 58.7 Å². The Hall–Kier alpha value is -3.62. The van der Waals surface area contributed by atoms with Gasteiger partial charge in [0.2, 0.25) is 0 Å². The van der Waals surface area contributed by atoms with E-state index >= 15 is 0 Å². The molecule has 0 N–H and O–H groups in total. The van der Waals surface area contributed by atoms with Crippen molar-refractivity contribution in [1.82, 2.24) is 4.40 Å². The minimum atomic E-state index is 1.10. The first-order valence-corrected chi connectivity index (χ1v) is 11.6. The van der Waals surface area contributed by atoms with Crippen LogP contribution in [0.3, 0.4) is 0 Å². The van der Waals surface area contributed by atoms with Crippen molar-refractivity contribution in [2.45, 2.75) is 0 Å². The fourth-order valence-corrected chi connectivity index (χ4v) is 5.38. The molecule has 5 aromatic carbocycles. The number of rotatable bonds is 2. The molecule has 0 fully saturated rings. The molecule has 7 aromatic rings. The molecule has 150 valence electrons. The summed E-state index contributed by atoms with van der Waals surface area (Å²) >= 11 is 3.52. The summed E-state index contributed by atoms with van der Waals surface area (Å²) in [6.07, 6.45) is 0. The van der Waals surface area contributed by atoms with E-state index in [9.17, 15) is 0 Å². The van der Waals surface area contributed by atoms with Crippen molar-refractivity contribution in [2.24, 2.45) is 0 Å². The number of fused-ring (bicyclic) bond motifs is 6. The average molecular weight is 472 g/mol. The Labute approximate surface area is 194 Å². The van der Waals surface area contributed by atoms with Crippen molar-refractivity contribution in [3.05, 3.63) is 114 Å². The second kappa shape index (κ2) is 6.69. The quantitative estimate of drug-likeness (QED) is 0.237. The number of hydrogen-bond donors (Lipinski definition) is 0. The van der Waals surface area contributed by atoms with Crippen molar-refractivity contribution in [2.75, 3.05) is 0 Å². The summed E-state index contributed by atoms with van der Waals surface area (Å²) in [7, 11) is 0. The van der Waals surface area contributed by atoms with Crippen LogP contribution in [0.25, 0.3) is 60.3 Å². The van der Waals surface area contributed by atoms with Gasteiger partial charge >= 0.3 is 0 Å². The Kier molecular flexibility index (Phi) is 3.76. The van der Waals surface area contributed by atoms with Crippen LogP contribution in [0.15, 0.2) is 114 Å². The van der Waals surface area contributed by atoms with Crippen LogP contribution >= 0.6 is 15.9 Å². The van der Waals surface area contributed by atoms with Gasteiger partial charge in [0.05, 0.1) is 16.6 Å². The van der Waals surface area contributed by atoms with Gasteiger partial charge in [-0.15, -0.1) is 0 Å². The number of halogens is 1. The van der Waals surface area contributed by atoms with Gasteiger partial charge in [-0.2, -0.15) is 0 Å². The highest BCUT2D eigenvalue weighted by molar-refractivity contribution is 9.10. The third-order valence-corrected chi connectivity index (χ3v) is 7.13. The molecule has 0 atom stereocenters. The Balaban J connectivity index is 1.48. The number of benzene rings is 5. The van der Waals surface area contributed by atoms with E-state index in [1.165, 1.54) is 60.3 Å². The molecule has 0 saturated heterocycles. The smallest absolute Gasteiger partial charge is 0.0620 e. The van der Waals surface area contributed by atoms with Crippen molar-refractivity contribution in [1.29, 1.82) is 0 Å². The van der Waals surface area contributed by atoms with Crippen molar-refractivity contribution in [3.8, 4) is 22.3 Å². The van der Waals surface area contributed by atoms with E-state index in [4.69, 9.17) is 0 Å². The zero-order valence-electron chi connectivity index (χ0n) is 17.2. The third kappa shape index (κ3) is 2.50. The van der Waals surface area contributed by atoms with E-state index in [-0.39, 0.29) is 0 Å². The Morgan fingerprint density at radius 1 is 0.438 bits per heavy atom. The second-order valence-electron chi connectivity index (χ2n) is 8.37. The summed E-state index contributed by atoms with van der Waals surface area (Å²) < 4.78 is 3.53. The summed E-state index contributed by atoms with van der Waals surface area (Å²) in [5.41, 5.74) is 8.83. The Morgan fingerprint density at radius 3 is 1.41 bits per heavy atom. The van der Waals surface area contributed by atoms with Crippen LogP contribution in [0, 0.1) is 0 Å². The summed E-state index contributed by atoms with van der Waals surface area (Å²) in [5.74, 6) is 0. The standard InChI is InChI=1S/C30H18BrN/c31-23-15-13-20(14-16-23)19-9-11-21(12-10-19)22-17-26-24-5-1-3-7-28(24)32-29-8-4-2-6-25(29)27(18-22)30(26)32/h1-18H. The Bertz CT molecular complexity index is 1670. The predicted octanol–water partition coefficient (Wildman–Crippen LogP) is 8.93. The number of aromatic nitrogens is 1. The number of para-hydroxylation sites is 2. The maximum atomic E-state index is 3.52. The molecular formula is C30H18BrN. The zero-order valence-corrected chi connectivity index (χ0v) is 18.8. The molecule has 0 saturated carbocycles. The minimum Gasteiger partial charge on any atom is -0.308 e. The predicted molar refractivity (Wildman–Crippen MR) is 140 cm³/mol. The second-order valence-corrected chi connectivity index (χ2v) is 9.29. The molecule has 0 aliphatic rings. The molecule has 7 rings (SSSR count). The van der Waals surface area contributed by atoms with E-state index in [0.717, 1.165) is 4.47 Å². The molecule has 0 spiro atoms. The molecule has 2 heterocycles. The maximum absolute atomic E-state index is 3.52. The summed E-state index contributed by atoms with van der Waals surface area (Å²) in [5, 5.41) is 5.26. The highest BCUT2D eigenvalue weighted by atomic mass is 79.9. The van der Waals surface area contributed by atoms with Gasteiger partial charge < -0.3 is 4.40 Å². The van der Waals surface area contributed by atoms with Crippen LogP contribution in [-0.4, -0.2) is 4.40 Å². The maximum Gasteiger partial charge on any atom is 0.0620 e. The first-order chi connectivity index (χ1) is 15.8. The molecule has 0 unspecified atom stereocenters.